The Kier molecular flexibility index (Phi) is 3.76. The number of nitrogens with one attached hydrogen (secondary N) is 1. The van der Waals surface area contributed by atoms with E-state index < -0.39 is 15.7 Å². The van der Waals surface area contributed by atoms with Gasteiger partial charge in [-0.25, -0.2) is 4.84 Å². The number of hydrogen-bond acceptors (Lipinski definition) is 3. The molecule has 0 saturated carbocycles. The van der Waals surface area contributed by atoms with E-state index >= 15 is 0 Å². The lowest BCUT2D eigenvalue weighted by Gasteiger charge is -2.20. The summed E-state index contributed by atoms with van der Waals surface area (Å²) in [6.45, 7) is 3.48. The normalized spacial score (nSPS) is 13.5. The summed E-state index contributed by atoms with van der Waals surface area (Å²) in [6, 6.07) is 0. The monoisotopic (exact) mass is 201 g/mol. The van der Waals surface area contributed by atoms with Gasteiger partial charge in [0.1, 0.15) is 0 Å². The predicted octanol–water partition coefficient (Wildman–Crippen LogP) is 0.786. The highest BCUT2D eigenvalue weighted by Gasteiger charge is 2.18. The van der Waals surface area contributed by atoms with Gasteiger partial charge in [0.25, 0.3) is 10.1 Å². The maximum atomic E-state index is 10.3. The van der Waals surface area contributed by atoms with Gasteiger partial charge in [-0.05, 0) is 32.0 Å². The van der Waals surface area contributed by atoms with Crippen molar-refractivity contribution in [2.24, 2.45) is 0 Å². The van der Waals surface area contributed by atoms with Crippen LogP contribution in [0, 0.1) is 0 Å². The van der Waals surface area contributed by atoms with Crippen LogP contribution in [0.5, 0.6) is 0 Å². The first kappa shape index (κ1) is 11.2. The van der Waals surface area contributed by atoms with E-state index in [1.807, 2.05) is 0 Å². The molecule has 0 bridgehead atoms. The predicted molar refractivity (Wildman–Crippen MR) is 44.1 cm³/mol. The van der Waals surface area contributed by atoms with E-state index in [-0.39, 0.29) is 12.2 Å². The van der Waals surface area contributed by atoms with E-state index in [1.54, 1.807) is 13.8 Å². The van der Waals surface area contributed by atoms with Gasteiger partial charge in [0.2, 0.25) is 0 Å². The van der Waals surface area contributed by atoms with Crippen LogP contribution >= 0.6 is 11.8 Å². The van der Waals surface area contributed by atoms with Gasteiger partial charge in [-0.15, -0.1) is 0 Å². The van der Waals surface area contributed by atoms with Gasteiger partial charge < -0.3 is 0 Å². The Labute approximate surface area is 71.8 Å². The fourth-order valence-corrected chi connectivity index (χ4v) is 1.29. The summed E-state index contributed by atoms with van der Waals surface area (Å²) in [6.07, 6.45) is 0.273. The van der Waals surface area contributed by atoms with Crippen LogP contribution in [0.2, 0.25) is 0 Å². The molecule has 0 radical (unpaired) electrons. The lowest BCUT2D eigenvalue weighted by atomic mass is 10.0. The maximum Gasteiger partial charge on any atom is 0.264 e. The average Bonchev–Trinajstić information content (AvgIpc) is 1.83. The average molecular weight is 202 g/mol. The van der Waals surface area contributed by atoms with Crippen LogP contribution in [0.4, 0.5) is 0 Å². The summed E-state index contributed by atoms with van der Waals surface area (Å²) in [5.41, 5.74) is -0.475. The van der Waals surface area contributed by atoms with Crippen LogP contribution in [0.15, 0.2) is 0 Å². The molecule has 0 aromatic carbocycles. The Morgan fingerprint density at radius 1 is 1.55 bits per heavy atom. The van der Waals surface area contributed by atoms with Crippen molar-refractivity contribution in [3.63, 3.8) is 0 Å². The molecule has 0 amide bonds. The number of hydrogen-bond donors (Lipinski definition) is 2. The third-order valence-corrected chi connectivity index (χ3v) is 2.47. The summed E-state index contributed by atoms with van der Waals surface area (Å²) in [7, 11) is -3.87. The Balaban J connectivity index is 3.90. The van der Waals surface area contributed by atoms with Gasteiger partial charge in [-0.2, -0.15) is 8.42 Å². The van der Waals surface area contributed by atoms with Crippen molar-refractivity contribution >= 4 is 21.9 Å². The Bertz CT molecular complexity index is 212. The quantitative estimate of drug-likeness (QED) is 0.521. The molecule has 0 aromatic heterocycles. The molecule has 0 unspecified atom stereocenters. The molecule has 0 fully saturated rings. The third-order valence-electron chi connectivity index (χ3n) is 1.24. The standard InChI is InChI=1S/C5H12ClNO3S/c1-5(2,7-6)3-4-11(8,9)10/h7H,3-4H2,1-2H3,(H,8,9,10). The summed E-state index contributed by atoms with van der Waals surface area (Å²) in [5, 5.41) is 0. The molecule has 0 rings (SSSR count). The molecule has 0 aliphatic rings. The fraction of sp³-hybridized carbons (Fsp3) is 1.00. The smallest absolute Gasteiger partial charge is 0.264 e. The van der Waals surface area contributed by atoms with E-state index in [1.165, 1.54) is 0 Å². The van der Waals surface area contributed by atoms with Gasteiger partial charge in [-0.1, -0.05) is 0 Å². The largest absolute Gasteiger partial charge is 0.286 e. The third kappa shape index (κ3) is 6.55. The SMILES string of the molecule is CC(C)(CCS(=O)(=O)O)NCl. The second-order valence-electron chi connectivity index (χ2n) is 3.01. The van der Waals surface area contributed by atoms with Crippen molar-refractivity contribution in [2.75, 3.05) is 5.75 Å². The van der Waals surface area contributed by atoms with Gasteiger partial charge in [-0.3, -0.25) is 4.55 Å². The van der Waals surface area contributed by atoms with E-state index in [9.17, 15) is 8.42 Å². The molecule has 0 aliphatic heterocycles. The molecule has 0 aliphatic carbocycles. The van der Waals surface area contributed by atoms with Crippen molar-refractivity contribution in [3.05, 3.63) is 0 Å². The molecule has 68 valence electrons. The van der Waals surface area contributed by atoms with Gasteiger partial charge >= 0.3 is 0 Å². The summed E-state index contributed by atoms with van der Waals surface area (Å²) in [5.74, 6) is -0.278. The molecular weight excluding hydrogens is 190 g/mol. The highest BCUT2D eigenvalue weighted by atomic mass is 35.5. The van der Waals surface area contributed by atoms with E-state index in [0.717, 1.165) is 0 Å². The molecular formula is C5H12ClNO3S. The first-order valence-corrected chi connectivity index (χ1v) is 5.08. The fourth-order valence-electron chi connectivity index (χ4n) is 0.431. The Morgan fingerprint density at radius 3 is 2.27 bits per heavy atom. The van der Waals surface area contributed by atoms with Crippen molar-refractivity contribution in [2.45, 2.75) is 25.8 Å². The van der Waals surface area contributed by atoms with Crippen molar-refractivity contribution in [1.82, 2.24) is 4.84 Å². The maximum absolute atomic E-state index is 10.3. The first-order valence-electron chi connectivity index (χ1n) is 3.10. The van der Waals surface area contributed by atoms with Crippen molar-refractivity contribution < 1.29 is 13.0 Å². The molecule has 0 spiro atoms. The Morgan fingerprint density at radius 2 is 2.00 bits per heavy atom. The van der Waals surface area contributed by atoms with Crippen molar-refractivity contribution in [1.29, 1.82) is 0 Å². The van der Waals surface area contributed by atoms with E-state index in [2.05, 4.69) is 4.84 Å². The minimum absolute atomic E-state index is 0.273. The lowest BCUT2D eigenvalue weighted by Crippen LogP contribution is -2.34. The van der Waals surface area contributed by atoms with Crippen LogP contribution in [-0.2, 0) is 10.1 Å². The van der Waals surface area contributed by atoms with Crippen LogP contribution in [0.3, 0.4) is 0 Å². The molecule has 2 N–H and O–H groups in total. The van der Waals surface area contributed by atoms with Crippen molar-refractivity contribution in [3.8, 4) is 0 Å². The summed E-state index contributed by atoms with van der Waals surface area (Å²) < 4.78 is 28.9. The highest BCUT2D eigenvalue weighted by Crippen LogP contribution is 2.09. The summed E-state index contributed by atoms with van der Waals surface area (Å²) >= 11 is 5.30. The first-order chi connectivity index (χ1) is 4.77. The lowest BCUT2D eigenvalue weighted by molar-refractivity contribution is 0.435. The topological polar surface area (TPSA) is 66.4 Å². The zero-order chi connectivity index (χ0) is 9.12. The molecule has 4 nitrogen and oxygen atoms in total. The van der Waals surface area contributed by atoms with Crippen LogP contribution in [0.25, 0.3) is 0 Å². The Hall–Kier alpha value is 0.160. The second kappa shape index (κ2) is 3.71. The van der Waals surface area contributed by atoms with Crippen LogP contribution < -0.4 is 4.84 Å². The van der Waals surface area contributed by atoms with E-state index in [4.69, 9.17) is 16.3 Å². The molecule has 11 heavy (non-hydrogen) atoms. The van der Waals surface area contributed by atoms with Crippen LogP contribution in [0.1, 0.15) is 20.3 Å². The van der Waals surface area contributed by atoms with Gasteiger partial charge in [0, 0.05) is 5.54 Å². The minimum atomic E-state index is -3.87. The highest BCUT2D eigenvalue weighted by molar-refractivity contribution is 7.85. The van der Waals surface area contributed by atoms with E-state index in [0.29, 0.717) is 0 Å². The minimum Gasteiger partial charge on any atom is -0.286 e. The molecule has 0 saturated heterocycles. The van der Waals surface area contributed by atoms with Gasteiger partial charge in [0.15, 0.2) is 0 Å². The van der Waals surface area contributed by atoms with Gasteiger partial charge in [0.05, 0.1) is 5.75 Å². The molecule has 0 atom stereocenters. The zero-order valence-corrected chi connectivity index (χ0v) is 8.04. The summed E-state index contributed by atoms with van der Waals surface area (Å²) in [4.78, 5) is 2.41. The number of halogens is 1. The molecule has 6 heteroatoms. The zero-order valence-electron chi connectivity index (χ0n) is 6.46. The molecule has 0 aromatic rings. The number of rotatable bonds is 4. The molecule has 0 heterocycles. The second-order valence-corrected chi connectivity index (χ2v) is 4.78. The van der Waals surface area contributed by atoms with Crippen LogP contribution in [-0.4, -0.2) is 24.3 Å².